The lowest BCUT2D eigenvalue weighted by Crippen LogP contribution is -2.40. The fourth-order valence-electron chi connectivity index (χ4n) is 1.96. The van der Waals surface area contributed by atoms with Crippen molar-refractivity contribution in [1.82, 2.24) is 9.88 Å². The molecular weight excluding hydrogens is 252 g/mol. The van der Waals surface area contributed by atoms with Gasteiger partial charge in [-0.15, -0.1) is 0 Å². The molecule has 1 aliphatic rings. The fraction of sp³-hybridized carbons (Fsp3) is 0.455. The van der Waals surface area contributed by atoms with E-state index in [9.17, 15) is 8.42 Å². The maximum atomic E-state index is 11.3. The number of sulfone groups is 1. The normalized spacial score (nSPS) is 19.6. The first-order valence-electron chi connectivity index (χ1n) is 5.69. The molecule has 0 aromatic carbocycles. The molecule has 7 heteroatoms. The van der Waals surface area contributed by atoms with Gasteiger partial charge in [-0.1, -0.05) is 6.07 Å². The number of nitrogen functional groups attached to an aromatic ring is 1. The minimum absolute atomic E-state index is 0.0600. The molecule has 0 amide bonds. The van der Waals surface area contributed by atoms with Crippen LogP contribution >= 0.6 is 0 Å². The highest BCUT2D eigenvalue weighted by Gasteiger charge is 2.22. The molecule has 1 aromatic heterocycles. The topological polar surface area (TPSA) is 100 Å². The van der Waals surface area contributed by atoms with Crippen molar-refractivity contribution < 1.29 is 8.42 Å². The molecule has 0 saturated carbocycles. The van der Waals surface area contributed by atoms with Gasteiger partial charge in [0.25, 0.3) is 0 Å². The van der Waals surface area contributed by atoms with Gasteiger partial charge in [-0.3, -0.25) is 15.3 Å². The second kappa shape index (κ2) is 5.03. The summed E-state index contributed by atoms with van der Waals surface area (Å²) in [7, 11) is -2.86. The van der Waals surface area contributed by atoms with Crippen LogP contribution in [0.25, 0.3) is 0 Å². The number of hydrogen-bond donors (Lipinski definition) is 2. The van der Waals surface area contributed by atoms with Crippen molar-refractivity contribution in [3.05, 3.63) is 29.6 Å². The minimum Gasteiger partial charge on any atom is -0.382 e. The van der Waals surface area contributed by atoms with Crippen LogP contribution in [-0.4, -0.2) is 48.7 Å². The molecule has 0 atom stereocenters. The van der Waals surface area contributed by atoms with Gasteiger partial charge in [0.1, 0.15) is 11.5 Å². The molecule has 1 aromatic rings. The predicted molar refractivity (Wildman–Crippen MR) is 69.2 cm³/mol. The molecule has 0 spiro atoms. The van der Waals surface area contributed by atoms with Crippen molar-refractivity contribution >= 4 is 15.7 Å². The Bertz CT molecular complexity index is 542. The van der Waals surface area contributed by atoms with Crippen LogP contribution in [0, 0.1) is 5.41 Å². The SMILES string of the molecule is N=C(N)c1ncccc1CN1CCS(=O)(=O)CC1. The molecular formula is C11H16N4O2S. The van der Waals surface area contributed by atoms with Crippen LogP contribution in [0.5, 0.6) is 0 Å². The van der Waals surface area contributed by atoms with E-state index in [1.807, 2.05) is 11.0 Å². The third kappa shape index (κ3) is 3.05. The second-order valence-electron chi connectivity index (χ2n) is 4.35. The molecule has 98 valence electrons. The Labute approximate surface area is 106 Å². The second-order valence-corrected chi connectivity index (χ2v) is 6.66. The van der Waals surface area contributed by atoms with E-state index >= 15 is 0 Å². The molecule has 0 radical (unpaired) electrons. The van der Waals surface area contributed by atoms with Crippen LogP contribution in [0.1, 0.15) is 11.3 Å². The zero-order valence-corrected chi connectivity index (χ0v) is 10.8. The van der Waals surface area contributed by atoms with Crippen molar-refractivity contribution in [2.75, 3.05) is 24.6 Å². The van der Waals surface area contributed by atoms with E-state index in [1.54, 1.807) is 12.3 Å². The van der Waals surface area contributed by atoms with E-state index < -0.39 is 9.84 Å². The third-order valence-electron chi connectivity index (χ3n) is 2.98. The average molecular weight is 268 g/mol. The smallest absolute Gasteiger partial charge is 0.152 e. The predicted octanol–water partition coefficient (Wildman–Crippen LogP) is -0.404. The van der Waals surface area contributed by atoms with Gasteiger partial charge in [0, 0.05) is 25.8 Å². The summed E-state index contributed by atoms with van der Waals surface area (Å²) in [5.74, 6) is 0.334. The quantitative estimate of drug-likeness (QED) is 0.573. The van der Waals surface area contributed by atoms with Gasteiger partial charge in [0.2, 0.25) is 0 Å². The minimum atomic E-state index is -2.86. The third-order valence-corrected chi connectivity index (χ3v) is 4.59. The first kappa shape index (κ1) is 13.0. The summed E-state index contributed by atoms with van der Waals surface area (Å²) in [5.41, 5.74) is 6.81. The van der Waals surface area contributed by atoms with Gasteiger partial charge in [0.05, 0.1) is 11.5 Å². The summed E-state index contributed by atoms with van der Waals surface area (Å²) in [6.45, 7) is 1.63. The summed E-state index contributed by atoms with van der Waals surface area (Å²) in [4.78, 5) is 6.12. The zero-order chi connectivity index (χ0) is 13.2. The van der Waals surface area contributed by atoms with Gasteiger partial charge in [-0.05, 0) is 11.6 Å². The summed E-state index contributed by atoms with van der Waals surface area (Å²) >= 11 is 0. The number of nitrogens with one attached hydrogen (secondary N) is 1. The Morgan fingerprint density at radius 2 is 2.11 bits per heavy atom. The molecule has 2 heterocycles. The number of amidine groups is 1. The van der Waals surface area contributed by atoms with E-state index in [2.05, 4.69) is 4.98 Å². The Balaban J connectivity index is 2.09. The number of hydrogen-bond acceptors (Lipinski definition) is 5. The number of aromatic nitrogens is 1. The van der Waals surface area contributed by atoms with Crippen molar-refractivity contribution in [2.45, 2.75) is 6.54 Å². The summed E-state index contributed by atoms with van der Waals surface area (Å²) in [6, 6.07) is 3.66. The van der Waals surface area contributed by atoms with Gasteiger partial charge >= 0.3 is 0 Å². The van der Waals surface area contributed by atoms with Crippen LogP contribution in [0.15, 0.2) is 18.3 Å². The highest BCUT2D eigenvalue weighted by molar-refractivity contribution is 7.91. The van der Waals surface area contributed by atoms with Gasteiger partial charge in [0.15, 0.2) is 9.84 Å². The van der Waals surface area contributed by atoms with Crippen LogP contribution in [0.4, 0.5) is 0 Å². The van der Waals surface area contributed by atoms with Crippen LogP contribution in [0.3, 0.4) is 0 Å². The highest BCUT2D eigenvalue weighted by atomic mass is 32.2. The monoisotopic (exact) mass is 268 g/mol. The van der Waals surface area contributed by atoms with Crippen LogP contribution in [-0.2, 0) is 16.4 Å². The van der Waals surface area contributed by atoms with Crippen molar-refractivity contribution in [3.8, 4) is 0 Å². The standard InChI is InChI=1S/C11H16N4O2S/c12-11(13)10-9(2-1-3-14-10)8-15-4-6-18(16,17)7-5-15/h1-3H,4-8H2,(H3,12,13). The van der Waals surface area contributed by atoms with E-state index in [-0.39, 0.29) is 17.3 Å². The molecule has 1 fully saturated rings. The molecule has 0 bridgehead atoms. The summed E-state index contributed by atoms with van der Waals surface area (Å²) < 4.78 is 22.7. The van der Waals surface area contributed by atoms with E-state index in [0.29, 0.717) is 25.3 Å². The largest absolute Gasteiger partial charge is 0.382 e. The Hall–Kier alpha value is -1.47. The number of pyridine rings is 1. The molecule has 1 aliphatic heterocycles. The lowest BCUT2D eigenvalue weighted by Gasteiger charge is -2.26. The molecule has 0 aliphatic carbocycles. The Morgan fingerprint density at radius 1 is 1.44 bits per heavy atom. The summed E-state index contributed by atoms with van der Waals surface area (Å²) in [6.07, 6.45) is 1.60. The number of rotatable bonds is 3. The highest BCUT2D eigenvalue weighted by Crippen LogP contribution is 2.12. The van der Waals surface area contributed by atoms with Crippen molar-refractivity contribution in [3.63, 3.8) is 0 Å². The molecule has 6 nitrogen and oxygen atoms in total. The maximum absolute atomic E-state index is 11.3. The first-order valence-corrected chi connectivity index (χ1v) is 7.51. The molecule has 0 unspecified atom stereocenters. The average Bonchev–Trinajstić information content (AvgIpc) is 2.32. The zero-order valence-electron chi connectivity index (χ0n) is 9.96. The fourth-order valence-corrected chi connectivity index (χ4v) is 3.23. The Kier molecular flexibility index (Phi) is 3.63. The van der Waals surface area contributed by atoms with Crippen LogP contribution in [0.2, 0.25) is 0 Å². The van der Waals surface area contributed by atoms with Crippen molar-refractivity contribution in [1.29, 1.82) is 5.41 Å². The number of nitrogens with zero attached hydrogens (tertiary/aromatic N) is 2. The van der Waals surface area contributed by atoms with Gasteiger partial charge in [-0.2, -0.15) is 0 Å². The van der Waals surface area contributed by atoms with Gasteiger partial charge in [-0.25, -0.2) is 8.42 Å². The maximum Gasteiger partial charge on any atom is 0.152 e. The molecule has 18 heavy (non-hydrogen) atoms. The van der Waals surface area contributed by atoms with E-state index in [0.717, 1.165) is 5.56 Å². The van der Waals surface area contributed by atoms with Gasteiger partial charge < -0.3 is 5.73 Å². The lowest BCUT2D eigenvalue weighted by molar-refractivity contribution is 0.287. The molecule has 3 N–H and O–H groups in total. The molecule has 1 saturated heterocycles. The Morgan fingerprint density at radius 3 is 2.72 bits per heavy atom. The summed E-state index contributed by atoms with van der Waals surface area (Å²) in [5, 5.41) is 7.46. The first-order chi connectivity index (χ1) is 8.48. The van der Waals surface area contributed by atoms with Crippen molar-refractivity contribution in [2.24, 2.45) is 5.73 Å². The van der Waals surface area contributed by atoms with Crippen LogP contribution < -0.4 is 5.73 Å². The molecule has 2 rings (SSSR count). The lowest BCUT2D eigenvalue weighted by atomic mass is 10.1. The van der Waals surface area contributed by atoms with E-state index in [4.69, 9.17) is 11.1 Å². The number of nitrogens with two attached hydrogens (primary N) is 1. The van der Waals surface area contributed by atoms with E-state index in [1.165, 1.54) is 0 Å².